The minimum atomic E-state index is -0.224. The molecule has 2 rings (SSSR count). The number of ether oxygens (including phenoxy) is 2. The first-order valence-electron chi connectivity index (χ1n) is 4.98. The van der Waals surface area contributed by atoms with E-state index in [-0.39, 0.29) is 12.4 Å². The predicted octanol–water partition coefficient (Wildman–Crippen LogP) is 2.19. The normalized spacial score (nSPS) is 24.3. The molecule has 0 radical (unpaired) electrons. The van der Waals surface area contributed by atoms with Gasteiger partial charge in [0.2, 0.25) is 0 Å². The van der Waals surface area contributed by atoms with E-state index in [1.807, 2.05) is 18.2 Å². The van der Waals surface area contributed by atoms with Gasteiger partial charge in [0.1, 0.15) is 0 Å². The molecule has 3 heteroatoms. The number of hydrogen-bond donors (Lipinski definition) is 0. The number of rotatable bonds is 2. The number of methoxy groups -OCH3 is 1. The Morgan fingerprint density at radius 3 is 3.07 bits per heavy atom. The van der Waals surface area contributed by atoms with Crippen molar-refractivity contribution in [2.45, 2.75) is 25.2 Å². The lowest BCUT2D eigenvalue weighted by atomic mass is 9.95. The molecule has 1 aliphatic heterocycles. The van der Waals surface area contributed by atoms with Gasteiger partial charge >= 0.3 is 0 Å². The van der Waals surface area contributed by atoms with Crippen LogP contribution in [0.2, 0.25) is 0 Å². The Labute approximate surface area is 89.2 Å². The summed E-state index contributed by atoms with van der Waals surface area (Å²) in [5, 5.41) is 8.73. The molecule has 15 heavy (non-hydrogen) atoms. The monoisotopic (exact) mass is 203 g/mol. The van der Waals surface area contributed by atoms with Gasteiger partial charge in [-0.15, -0.1) is 0 Å². The first-order chi connectivity index (χ1) is 7.35. The van der Waals surface area contributed by atoms with Gasteiger partial charge in [-0.25, -0.2) is 0 Å². The second-order valence-electron chi connectivity index (χ2n) is 3.56. The maximum absolute atomic E-state index is 8.73. The van der Waals surface area contributed by atoms with E-state index in [4.69, 9.17) is 14.7 Å². The minimum absolute atomic E-state index is 0.148. The molecule has 0 spiro atoms. The number of benzene rings is 1. The van der Waals surface area contributed by atoms with Crippen molar-refractivity contribution in [3.63, 3.8) is 0 Å². The molecule has 78 valence electrons. The molecule has 1 aromatic rings. The molecule has 0 saturated carbocycles. The Morgan fingerprint density at radius 1 is 1.53 bits per heavy atom. The van der Waals surface area contributed by atoms with E-state index in [1.54, 1.807) is 7.11 Å². The molecule has 1 aromatic carbocycles. The van der Waals surface area contributed by atoms with Gasteiger partial charge in [-0.2, -0.15) is 5.26 Å². The lowest BCUT2D eigenvalue weighted by Gasteiger charge is -2.30. The largest absolute Gasteiger partial charge is 0.356 e. The molecule has 0 bridgehead atoms. The van der Waals surface area contributed by atoms with Crippen molar-refractivity contribution in [1.29, 1.82) is 5.26 Å². The Kier molecular flexibility index (Phi) is 3.00. The third-order valence-electron chi connectivity index (χ3n) is 2.64. The fraction of sp³-hybridized carbons (Fsp3) is 0.417. The lowest BCUT2D eigenvalue weighted by molar-refractivity contribution is -0.163. The molecule has 3 nitrogen and oxygen atoms in total. The fourth-order valence-electron chi connectivity index (χ4n) is 1.90. The molecular weight excluding hydrogens is 190 g/mol. The minimum Gasteiger partial charge on any atom is -0.356 e. The first-order valence-corrected chi connectivity index (χ1v) is 4.98. The Morgan fingerprint density at radius 2 is 2.33 bits per heavy atom. The maximum atomic E-state index is 8.73. The summed E-state index contributed by atoms with van der Waals surface area (Å²) in [5.41, 5.74) is 2.34. The van der Waals surface area contributed by atoms with E-state index in [0.717, 1.165) is 12.0 Å². The van der Waals surface area contributed by atoms with E-state index in [1.165, 1.54) is 5.56 Å². The summed E-state index contributed by atoms with van der Waals surface area (Å²) >= 11 is 0. The second-order valence-corrected chi connectivity index (χ2v) is 3.56. The maximum Gasteiger partial charge on any atom is 0.162 e. The molecule has 2 unspecified atom stereocenters. The summed E-state index contributed by atoms with van der Waals surface area (Å²) in [4.78, 5) is 0. The molecule has 0 fully saturated rings. The average molecular weight is 203 g/mol. The van der Waals surface area contributed by atoms with Crippen molar-refractivity contribution in [2.24, 2.45) is 0 Å². The van der Waals surface area contributed by atoms with Gasteiger partial charge in [-0.3, -0.25) is 0 Å². The molecule has 1 heterocycles. The summed E-state index contributed by atoms with van der Waals surface area (Å²) in [6.45, 7) is 0. The molecule has 0 aromatic heterocycles. The quantitative estimate of drug-likeness (QED) is 0.739. The third-order valence-corrected chi connectivity index (χ3v) is 2.64. The topological polar surface area (TPSA) is 42.2 Å². The smallest absolute Gasteiger partial charge is 0.162 e. The van der Waals surface area contributed by atoms with E-state index in [2.05, 4.69) is 12.1 Å². The third kappa shape index (κ3) is 2.01. The highest BCUT2D eigenvalue weighted by molar-refractivity contribution is 5.31. The van der Waals surface area contributed by atoms with Gasteiger partial charge in [0.15, 0.2) is 6.29 Å². The molecule has 1 aliphatic rings. The standard InChI is InChI=1S/C12H13NO2/c1-14-12-8-9-4-2-3-5-10(9)11(15-12)6-7-13/h2-5,11-12H,6,8H2,1H3. The van der Waals surface area contributed by atoms with Crippen LogP contribution in [-0.4, -0.2) is 13.4 Å². The molecule has 0 saturated heterocycles. The lowest BCUT2D eigenvalue weighted by Crippen LogP contribution is -2.27. The van der Waals surface area contributed by atoms with E-state index >= 15 is 0 Å². The van der Waals surface area contributed by atoms with Crippen LogP contribution in [0.3, 0.4) is 0 Å². The van der Waals surface area contributed by atoms with E-state index in [0.29, 0.717) is 6.42 Å². The van der Waals surface area contributed by atoms with Gasteiger partial charge in [-0.05, 0) is 11.1 Å². The molecule has 2 atom stereocenters. The summed E-state index contributed by atoms with van der Waals surface area (Å²) in [7, 11) is 1.63. The zero-order valence-corrected chi connectivity index (χ0v) is 8.64. The van der Waals surface area contributed by atoms with Gasteiger partial charge in [-0.1, -0.05) is 24.3 Å². The fourth-order valence-corrected chi connectivity index (χ4v) is 1.90. The van der Waals surface area contributed by atoms with Gasteiger partial charge in [0, 0.05) is 13.5 Å². The Balaban J connectivity index is 2.30. The first kappa shape index (κ1) is 10.2. The van der Waals surface area contributed by atoms with Crippen molar-refractivity contribution >= 4 is 0 Å². The molecule has 0 aliphatic carbocycles. The van der Waals surface area contributed by atoms with E-state index in [9.17, 15) is 0 Å². The van der Waals surface area contributed by atoms with Gasteiger partial charge < -0.3 is 9.47 Å². The molecular formula is C12H13NO2. The highest BCUT2D eigenvalue weighted by atomic mass is 16.7. The zero-order valence-electron chi connectivity index (χ0n) is 8.64. The number of fused-ring (bicyclic) bond motifs is 1. The van der Waals surface area contributed by atoms with E-state index < -0.39 is 0 Å². The summed E-state index contributed by atoms with van der Waals surface area (Å²) in [6.07, 6.45) is 0.758. The highest BCUT2D eigenvalue weighted by Gasteiger charge is 2.26. The van der Waals surface area contributed by atoms with Crippen molar-refractivity contribution in [3.8, 4) is 6.07 Å². The number of nitrogens with zero attached hydrogens (tertiary/aromatic N) is 1. The van der Waals surface area contributed by atoms with Crippen molar-refractivity contribution in [3.05, 3.63) is 35.4 Å². The number of hydrogen-bond acceptors (Lipinski definition) is 3. The van der Waals surface area contributed by atoms with Crippen LogP contribution < -0.4 is 0 Å². The van der Waals surface area contributed by atoms with Crippen molar-refractivity contribution in [1.82, 2.24) is 0 Å². The highest BCUT2D eigenvalue weighted by Crippen LogP contribution is 2.32. The predicted molar refractivity (Wildman–Crippen MR) is 55.0 cm³/mol. The molecule has 0 N–H and O–H groups in total. The summed E-state index contributed by atoms with van der Waals surface area (Å²) < 4.78 is 10.9. The van der Waals surface area contributed by atoms with Gasteiger partial charge in [0.05, 0.1) is 18.6 Å². The van der Waals surface area contributed by atoms with Crippen LogP contribution in [-0.2, 0) is 15.9 Å². The van der Waals surface area contributed by atoms with Crippen LogP contribution in [0.15, 0.2) is 24.3 Å². The van der Waals surface area contributed by atoms with Crippen molar-refractivity contribution in [2.75, 3.05) is 7.11 Å². The summed E-state index contributed by atoms with van der Waals surface area (Å²) in [5.74, 6) is 0. The van der Waals surface area contributed by atoms with Crippen LogP contribution >= 0.6 is 0 Å². The van der Waals surface area contributed by atoms with Crippen molar-refractivity contribution < 1.29 is 9.47 Å². The van der Waals surface area contributed by atoms with Crippen LogP contribution in [0.4, 0.5) is 0 Å². The Bertz CT molecular complexity index is 383. The average Bonchev–Trinajstić information content (AvgIpc) is 2.29. The van der Waals surface area contributed by atoms with Crippen LogP contribution in [0.1, 0.15) is 23.7 Å². The van der Waals surface area contributed by atoms with Crippen LogP contribution in [0.25, 0.3) is 0 Å². The SMILES string of the molecule is COC1Cc2ccccc2C(CC#N)O1. The molecule has 0 amide bonds. The van der Waals surface area contributed by atoms with Crippen LogP contribution in [0, 0.1) is 11.3 Å². The second kappa shape index (κ2) is 4.43. The summed E-state index contributed by atoms with van der Waals surface area (Å²) in [6, 6.07) is 10.2. The Hall–Kier alpha value is -1.37. The van der Waals surface area contributed by atoms with Crippen LogP contribution in [0.5, 0.6) is 0 Å². The zero-order chi connectivity index (χ0) is 10.7. The van der Waals surface area contributed by atoms with Gasteiger partial charge in [0.25, 0.3) is 0 Å². The number of nitriles is 1.